The van der Waals surface area contributed by atoms with Gasteiger partial charge in [-0.3, -0.25) is 9.59 Å². The van der Waals surface area contributed by atoms with E-state index in [1.54, 1.807) is 35.2 Å². The zero-order valence-electron chi connectivity index (χ0n) is 18.3. The summed E-state index contributed by atoms with van der Waals surface area (Å²) in [5, 5.41) is 0. The van der Waals surface area contributed by atoms with E-state index in [9.17, 15) is 18.0 Å². The number of ether oxygens (including phenoxy) is 1. The normalized spacial score (nSPS) is 17.6. The smallest absolute Gasteiger partial charge is 0.306 e. The van der Waals surface area contributed by atoms with E-state index in [4.69, 9.17) is 4.74 Å². The number of anilines is 1. The SMILES string of the molecule is COC(=O)C[C@@]1(CCS(=O)(=O)c2ccccc2)C(=O)N(Cc2ccccc2)c2ccccc21. The third-order valence-electron chi connectivity index (χ3n) is 6.12. The molecule has 0 saturated heterocycles. The lowest BCUT2D eigenvalue weighted by molar-refractivity contribution is -0.144. The van der Waals surface area contributed by atoms with Gasteiger partial charge < -0.3 is 9.64 Å². The number of para-hydroxylation sites is 1. The van der Waals surface area contributed by atoms with E-state index in [1.165, 1.54) is 19.2 Å². The Kier molecular flexibility index (Phi) is 6.33. The monoisotopic (exact) mass is 463 g/mol. The number of sulfone groups is 1. The number of benzene rings is 3. The van der Waals surface area contributed by atoms with Gasteiger partial charge in [0.05, 0.1) is 36.1 Å². The minimum atomic E-state index is -3.65. The van der Waals surface area contributed by atoms with E-state index in [-0.39, 0.29) is 29.4 Å². The van der Waals surface area contributed by atoms with Gasteiger partial charge in [-0.05, 0) is 35.7 Å². The van der Waals surface area contributed by atoms with E-state index in [2.05, 4.69) is 0 Å². The number of carbonyl (C=O) groups is 2. The molecule has 3 aromatic rings. The number of nitrogens with zero attached hydrogens (tertiary/aromatic N) is 1. The molecule has 0 fully saturated rings. The van der Waals surface area contributed by atoms with E-state index in [1.807, 2.05) is 42.5 Å². The summed E-state index contributed by atoms with van der Waals surface area (Å²) < 4.78 is 31.0. The Morgan fingerprint density at radius 3 is 2.18 bits per heavy atom. The van der Waals surface area contributed by atoms with Crippen LogP contribution in [0.2, 0.25) is 0 Å². The van der Waals surface area contributed by atoms with Crippen molar-refractivity contribution in [2.75, 3.05) is 17.8 Å². The highest BCUT2D eigenvalue weighted by molar-refractivity contribution is 7.91. The topological polar surface area (TPSA) is 80.8 Å². The minimum Gasteiger partial charge on any atom is -0.469 e. The molecule has 0 unspecified atom stereocenters. The predicted molar refractivity (Wildman–Crippen MR) is 125 cm³/mol. The Bertz CT molecular complexity index is 1260. The molecule has 1 aliphatic rings. The van der Waals surface area contributed by atoms with Crippen LogP contribution >= 0.6 is 0 Å². The molecule has 170 valence electrons. The van der Waals surface area contributed by atoms with Crippen LogP contribution in [0.25, 0.3) is 0 Å². The van der Waals surface area contributed by atoms with Gasteiger partial charge in [0, 0.05) is 5.69 Å². The van der Waals surface area contributed by atoms with Gasteiger partial charge in [0.2, 0.25) is 5.91 Å². The van der Waals surface area contributed by atoms with Crippen LogP contribution in [0.15, 0.2) is 89.8 Å². The molecule has 1 heterocycles. The molecule has 7 heteroatoms. The standard InChI is InChI=1S/C26H25NO5S/c1-32-24(28)18-26(16-17-33(30,31)21-12-6-3-7-13-21)22-14-8-9-15-23(22)27(25(26)29)19-20-10-4-2-5-11-20/h2-15H,16-19H2,1H3/t26-/m1/s1. The van der Waals surface area contributed by atoms with Gasteiger partial charge in [0.15, 0.2) is 9.84 Å². The first kappa shape index (κ1) is 22.7. The molecule has 1 atom stereocenters. The van der Waals surface area contributed by atoms with Gasteiger partial charge in [0.25, 0.3) is 0 Å². The van der Waals surface area contributed by atoms with Crippen LogP contribution < -0.4 is 4.90 Å². The molecule has 1 aliphatic heterocycles. The predicted octanol–water partition coefficient (Wildman–Crippen LogP) is 3.90. The summed E-state index contributed by atoms with van der Waals surface area (Å²) in [6.45, 7) is 0.324. The lowest BCUT2D eigenvalue weighted by atomic mass is 9.76. The van der Waals surface area contributed by atoms with E-state index in [0.29, 0.717) is 17.8 Å². The fourth-order valence-electron chi connectivity index (χ4n) is 4.39. The number of esters is 1. The molecule has 33 heavy (non-hydrogen) atoms. The molecule has 1 amide bonds. The maximum absolute atomic E-state index is 13.9. The van der Waals surface area contributed by atoms with Crippen LogP contribution in [-0.4, -0.2) is 33.2 Å². The van der Waals surface area contributed by atoms with Gasteiger partial charge >= 0.3 is 5.97 Å². The zero-order valence-corrected chi connectivity index (χ0v) is 19.1. The van der Waals surface area contributed by atoms with Crippen LogP contribution in [-0.2, 0) is 36.1 Å². The van der Waals surface area contributed by atoms with Crippen LogP contribution in [0.4, 0.5) is 5.69 Å². The van der Waals surface area contributed by atoms with Crippen molar-refractivity contribution in [3.8, 4) is 0 Å². The second-order valence-electron chi connectivity index (χ2n) is 8.11. The molecule has 0 saturated carbocycles. The van der Waals surface area contributed by atoms with Crippen molar-refractivity contribution < 1.29 is 22.7 Å². The van der Waals surface area contributed by atoms with E-state index in [0.717, 1.165) is 5.56 Å². The molecule has 0 radical (unpaired) electrons. The van der Waals surface area contributed by atoms with Crippen molar-refractivity contribution >= 4 is 27.4 Å². The first-order valence-corrected chi connectivity index (χ1v) is 12.3. The van der Waals surface area contributed by atoms with Gasteiger partial charge in [-0.1, -0.05) is 66.7 Å². The van der Waals surface area contributed by atoms with Gasteiger partial charge in [-0.15, -0.1) is 0 Å². The lowest BCUT2D eigenvalue weighted by Gasteiger charge is -2.28. The van der Waals surface area contributed by atoms with Gasteiger partial charge in [-0.25, -0.2) is 8.42 Å². The summed E-state index contributed by atoms with van der Waals surface area (Å²) in [6.07, 6.45) is -0.255. The second kappa shape index (κ2) is 9.19. The maximum Gasteiger partial charge on any atom is 0.306 e. The maximum atomic E-state index is 13.9. The lowest BCUT2D eigenvalue weighted by Crippen LogP contribution is -2.43. The third kappa shape index (κ3) is 4.41. The van der Waals surface area contributed by atoms with Crippen molar-refractivity contribution in [3.05, 3.63) is 96.1 Å². The van der Waals surface area contributed by atoms with Gasteiger partial charge in [-0.2, -0.15) is 0 Å². The summed E-state index contributed by atoms with van der Waals surface area (Å²) in [6, 6.07) is 25.0. The number of amides is 1. The Morgan fingerprint density at radius 2 is 1.52 bits per heavy atom. The molecule has 0 spiro atoms. The Balaban J connectivity index is 1.74. The average molecular weight is 464 g/mol. The van der Waals surface area contributed by atoms with Crippen LogP contribution in [0.5, 0.6) is 0 Å². The summed E-state index contributed by atoms with van der Waals surface area (Å²) in [4.78, 5) is 28.2. The summed E-state index contributed by atoms with van der Waals surface area (Å²) >= 11 is 0. The third-order valence-corrected chi connectivity index (χ3v) is 7.85. The van der Waals surface area contributed by atoms with Crippen molar-refractivity contribution in [1.29, 1.82) is 0 Å². The fourth-order valence-corrected chi connectivity index (χ4v) is 5.82. The quantitative estimate of drug-likeness (QED) is 0.474. The van der Waals surface area contributed by atoms with Crippen molar-refractivity contribution in [1.82, 2.24) is 0 Å². The molecule has 0 aliphatic carbocycles. The molecule has 4 rings (SSSR count). The van der Waals surface area contributed by atoms with E-state index < -0.39 is 21.2 Å². The summed E-state index contributed by atoms with van der Waals surface area (Å²) in [7, 11) is -2.39. The molecule has 0 bridgehead atoms. The van der Waals surface area contributed by atoms with Crippen LogP contribution in [0.3, 0.4) is 0 Å². The first-order valence-electron chi connectivity index (χ1n) is 10.7. The van der Waals surface area contributed by atoms with Crippen LogP contribution in [0, 0.1) is 0 Å². The van der Waals surface area contributed by atoms with Crippen LogP contribution in [0.1, 0.15) is 24.0 Å². The van der Waals surface area contributed by atoms with E-state index >= 15 is 0 Å². The minimum absolute atomic E-state index is 0.0273. The fraction of sp³-hybridized carbons (Fsp3) is 0.231. The Labute approximate surface area is 193 Å². The van der Waals surface area contributed by atoms with Crippen molar-refractivity contribution in [3.63, 3.8) is 0 Å². The largest absolute Gasteiger partial charge is 0.469 e. The highest BCUT2D eigenvalue weighted by Crippen LogP contribution is 2.47. The number of fused-ring (bicyclic) bond motifs is 1. The average Bonchev–Trinajstić information content (AvgIpc) is 3.07. The number of rotatable bonds is 8. The highest BCUT2D eigenvalue weighted by Gasteiger charge is 2.52. The molecular formula is C26H25NO5S. The number of hydrogen-bond donors (Lipinski definition) is 0. The highest BCUT2D eigenvalue weighted by atomic mass is 32.2. The second-order valence-corrected chi connectivity index (χ2v) is 10.2. The first-order chi connectivity index (χ1) is 15.9. The zero-order chi connectivity index (χ0) is 23.5. The molecular weight excluding hydrogens is 438 g/mol. The summed E-state index contributed by atoms with van der Waals surface area (Å²) in [5.74, 6) is -1.12. The number of methoxy groups -OCH3 is 1. The molecule has 0 aromatic heterocycles. The Morgan fingerprint density at radius 1 is 0.909 bits per heavy atom. The van der Waals surface area contributed by atoms with Gasteiger partial charge in [0.1, 0.15) is 0 Å². The molecule has 3 aromatic carbocycles. The number of carbonyl (C=O) groups excluding carboxylic acids is 2. The van der Waals surface area contributed by atoms with Crippen molar-refractivity contribution in [2.24, 2.45) is 0 Å². The summed E-state index contributed by atoms with van der Waals surface area (Å²) in [5.41, 5.74) is 0.957. The number of hydrogen-bond acceptors (Lipinski definition) is 5. The molecule has 6 nitrogen and oxygen atoms in total. The Hall–Kier alpha value is -3.45. The van der Waals surface area contributed by atoms with Crippen molar-refractivity contribution in [2.45, 2.75) is 29.7 Å². The molecule has 0 N–H and O–H groups in total.